The number of sulfonamides is 1. The van der Waals surface area contributed by atoms with Gasteiger partial charge >= 0.3 is 0 Å². The molecule has 0 bridgehead atoms. The molecule has 0 atom stereocenters. The summed E-state index contributed by atoms with van der Waals surface area (Å²) in [5.41, 5.74) is 1.06. The first kappa shape index (κ1) is 20.5. The maximum Gasteiger partial charge on any atom is 0.262 e. The highest BCUT2D eigenvalue weighted by atomic mass is 32.2. The van der Waals surface area contributed by atoms with Gasteiger partial charge in [0, 0.05) is 32.4 Å². The first-order chi connectivity index (χ1) is 13.4. The maximum absolute atomic E-state index is 12.8. The van der Waals surface area contributed by atoms with Gasteiger partial charge in [-0.05, 0) is 31.2 Å². The molecular weight excluding hydrogens is 376 g/mol. The van der Waals surface area contributed by atoms with Crippen LogP contribution in [0.25, 0.3) is 0 Å². The number of rotatable bonds is 7. The van der Waals surface area contributed by atoms with Crippen LogP contribution in [0.3, 0.4) is 0 Å². The predicted molar refractivity (Wildman–Crippen MR) is 107 cm³/mol. The number of aromatic nitrogens is 2. The van der Waals surface area contributed by atoms with Crippen LogP contribution >= 0.6 is 0 Å². The average Bonchev–Trinajstić information content (AvgIpc) is 3.16. The van der Waals surface area contributed by atoms with Crippen LogP contribution in [0, 0.1) is 5.92 Å². The molecule has 2 aromatic rings. The van der Waals surface area contributed by atoms with E-state index in [1.165, 1.54) is 16.8 Å². The quantitative estimate of drug-likeness (QED) is 0.710. The van der Waals surface area contributed by atoms with Gasteiger partial charge in [-0.1, -0.05) is 37.3 Å². The highest BCUT2D eigenvalue weighted by Gasteiger charge is 2.30. The molecule has 2 heterocycles. The summed E-state index contributed by atoms with van der Waals surface area (Å²) < 4.78 is 28.6. The van der Waals surface area contributed by atoms with Crippen molar-refractivity contribution >= 4 is 15.9 Å². The van der Waals surface area contributed by atoms with Crippen LogP contribution < -0.4 is 0 Å². The lowest BCUT2D eigenvalue weighted by Gasteiger charge is -2.28. The first-order valence-electron chi connectivity index (χ1n) is 9.73. The van der Waals surface area contributed by atoms with Gasteiger partial charge < -0.3 is 9.47 Å². The molecule has 152 valence electrons. The van der Waals surface area contributed by atoms with Gasteiger partial charge in [-0.25, -0.2) is 13.4 Å². The van der Waals surface area contributed by atoms with Crippen LogP contribution in [0.2, 0.25) is 0 Å². The monoisotopic (exact) mass is 404 g/mol. The smallest absolute Gasteiger partial charge is 0.262 e. The average molecular weight is 405 g/mol. The Kier molecular flexibility index (Phi) is 6.51. The van der Waals surface area contributed by atoms with Gasteiger partial charge in [0.25, 0.3) is 10.0 Å². The molecule has 7 nitrogen and oxygen atoms in total. The fourth-order valence-electron chi connectivity index (χ4n) is 3.35. The van der Waals surface area contributed by atoms with E-state index in [2.05, 4.69) is 11.9 Å². The van der Waals surface area contributed by atoms with E-state index >= 15 is 0 Å². The van der Waals surface area contributed by atoms with E-state index in [1.807, 2.05) is 37.3 Å². The number of nitrogens with zero attached hydrogens (tertiary/aromatic N) is 4. The Morgan fingerprint density at radius 3 is 2.54 bits per heavy atom. The molecule has 1 aromatic heterocycles. The van der Waals surface area contributed by atoms with Crippen molar-refractivity contribution in [2.75, 3.05) is 19.6 Å². The van der Waals surface area contributed by atoms with Crippen molar-refractivity contribution in [3.8, 4) is 0 Å². The summed E-state index contributed by atoms with van der Waals surface area (Å²) >= 11 is 0. The molecule has 8 heteroatoms. The Balaban J connectivity index is 1.65. The lowest BCUT2D eigenvalue weighted by atomic mass is 10.0. The largest absolute Gasteiger partial charge is 0.337 e. The summed E-state index contributed by atoms with van der Waals surface area (Å²) in [6, 6.07) is 9.80. The second-order valence-corrected chi connectivity index (χ2v) is 9.25. The minimum absolute atomic E-state index is 0.0148. The summed E-state index contributed by atoms with van der Waals surface area (Å²) in [7, 11) is -3.60. The summed E-state index contributed by atoms with van der Waals surface area (Å²) in [5.74, 6) is 0.478. The highest BCUT2D eigenvalue weighted by Crippen LogP contribution is 2.22. The molecule has 0 radical (unpaired) electrons. The van der Waals surface area contributed by atoms with E-state index in [-0.39, 0.29) is 17.5 Å². The van der Waals surface area contributed by atoms with Gasteiger partial charge in [-0.15, -0.1) is 0 Å². The van der Waals surface area contributed by atoms with Crippen molar-refractivity contribution in [3.05, 3.63) is 48.4 Å². The molecular formula is C20H28N4O3S. The molecule has 0 saturated carbocycles. The first-order valence-corrected chi connectivity index (χ1v) is 11.2. The Bertz CT molecular complexity index is 887. The standard InChI is InChI=1S/C20H28N4O3S/c1-3-23(13-18-7-5-4-6-8-18)20(25)15-22-14-19(21-16-22)28(26,27)24-11-9-17(2)10-12-24/h4-8,14,16-17H,3,9-13,15H2,1-2H3. The van der Waals surface area contributed by atoms with Crippen molar-refractivity contribution < 1.29 is 13.2 Å². The zero-order chi connectivity index (χ0) is 20.1. The molecule has 0 aliphatic carbocycles. The second kappa shape index (κ2) is 8.87. The molecule has 1 aliphatic heterocycles. The van der Waals surface area contributed by atoms with Crippen molar-refractivity contribution in [1.82, 2.24) is 18.8 Å². The topological polar surface area (TPSA) is 75.5 Å². The fraction of sp³-hybridized carbons (Fsp3) is 0.500. The molecule has 0 unspecified atom stereocenters. The Hall–Kier alpha value is -2.19. The summed E-state index contributed by atoms with van der Waals surface area (Å²) in [4.78, 5) is 18.5. The molecule has 0 N–H and O–H groups in total. The lowest BCUT2D eigenvalue weighted by Crippen LogP contribution is -2.38. The van der Waals surface area contributed by atoms with Crippen molar-refractivity contribution in [1.29, 1.82) is 0 Å². The number of carbonyl (C=O) groups is 1. The van der Waals surface area contributed by atoms with E-state index in [1.54, 1.807) is 9.47 Å². The second-order valence-electron chi connectivity index (χ2n) is 7.36. The summed E-state index contributed by atoms with van der Waals surface area (Å²) in [5, 5.41) is 0.0148. The Morgan fingerprint density at radius 2 is 1.89 bits per heavy atom. The minimum atomic E-state index is -3.60. The number of imidazole rings is 1. The molecule has 1 saturated heterocycles. The molecule has 1 amide bonds. The molecule has 1 fully saturated rings. The third kappa shape index (κ3) is 4.80. The number of likely N-dealkylation sites (N-methyl/N-ethyl adjacent to an activating group) is 1. The van der Waals surface area contributed by atoms with Gasteiger partial charge in [0.05, 0.1) is 6.33 Å². The number of carbonyl (C=O) groups excluding carboxylic acids is 1. The third-order valence-corrected chi connectivity index (χ3v) is 7.01. The lowest BCUT2D eigenvalue weighted by molar-refractivity contribution is -0.132. The van der Waals surface area contributed by atoms with Crippen LogP contribution in [-0.4, -0.2) is 52.7 Å². The summed E-state index contributed by atoms with van der Waals surface area (Å²) in [6.45, 7) is 6.30. The van der Waals surface area contributed by atoms with E-state index in [9.17, 15) is 13.2 Å². The number of amides is 1. The number of hydrogen-bond donors (Lipinski definition) is 0. The highest BCUT2D eigenvalue weighted by molar-refractivity contribution is 7.89. The van der Waals surface area contributed by atoms with Gasteiger partial charge in [0.2, 0.25) is 5.91 Å². The van der Waals surface area contributed by atoms with Gasteiger partial charge in [0.1, 0.15) is 6.54 Å². The Morgan fingerprint density at radius 1 is 1.21 bits per heavy atom. The SMILES string of the molecule is CCN(Cc1ccccc1)C(=O)Cn1cnc(S(=O)(=O)N2CCC(C)CC2)c1. The van der Waals surface area contributed by atoms with Crippen LogP contribution in [-0.2, 0) is 27.9 Å². The van der Waals surface area contributed by atoms with E-state index in [0.29, 0.717) is 32.1 Å². The maximum atomic E-state index is 12.8. The Labute approximate surface area is 167 Å². The normalized spacial score (nSPS) is 16.2. The van der Waals surface area contributed by atoms with Crippen LogP contribution in [0.15, 0.2) is 47.9 Å². The van der Waals surface area contributed by atoms with Gasteiger partial charge in [-0.3, -0.25) is 4.79 Å². The van der Waals surface area contributed by atoms with Crippen LogP contribution in [0.1, 0.15) is 32.3 Å². The number of benzene rings is 1. The van der Waals surface area contributed by atoms with Crippen LogP contribution in [0.5, 0.6) is 0 Å². The van der Waals surface area contributed by atoms with Gasteiger partial charge in [-0.2, -0.15) is 4.31 Å². The molecule has 1 aliphatic rings. The van der Waals surface area contributed by atoms with E-state index in [0.717, 1.165) is 18.4 Å². The zero-order valence-corrected chi connectivity index (χ0v) is 17.3. The van der Waals surface area contributed by atoms with Crippen LogP contribution in [0.4, 0.5) is 0 Å². The molecule has 1 aromatic carbocycles. The number of hydrogen-bond acceptors (Lipinski definition) is 4. The van der Waals surface area contributed by atoms with E-state index in [4.69, 9.17) is 0 Å². The zero-order valence-electron chi connectivity index (χ0n) is 16.5. The fourth-order valence-corrected chi connectivity index (χ4v) is 4.76. The summed E-state index contributed by atoms with van der Waals surface area (Å²) in [6.07, 6.45) is 4.61. The minimum Gasteiger partial charge on any atom is -0.337 e. The van der Waals surface area contributed by atoms with Crippen molar-refractivity contribution in [3.63, 3.8) is 0 Å². The van der Waals surface area contributed by atoms with Gasteiger partial charge in [0.15, 0.2) is 5.03 Å². The third-order valence-electron chi connectivity index (χ3n) is 5.22. The molecule has 28 heavy (non-hydrogen) atoms. The molecule has 3 rings (SSSR count). The van der Waals surface area contributed by atoms with E-state index < -0.39 is 10.0 Å². The predicted octanol–water partition coefficient (Wildman–Crippen LogP) is 2.35. The molecule has 0 spiro atoms. The van der Waals surface area contributed by atoms with Crippen molar-refractivity contribution in [2.45, 2.75) is 44.8 Å². The van der Waals surface area contributed by atoms with Crippen molar-refractivity contribution in [2.24, 2.45) is 5.92 Å². The number of piperidine rings is 1.